The van der Waals surface area contributed by atoms with Gasteiger partial charge in [0.15, 0.2) is 0 Å². The van der Waals surface area contributed by atoms with E-state index in [-0.39, 0.29) is 6.04 Å². The molecule has 0 fully saturated rings. The van der Waals surface area contributed by atoms with Crippen molar-refractivity contribution in [1.29, 1.82) is 0 Å². The molecule has 0 aliphatic carbocycles. The monoisotopic (exact) mass is 253 g/mol. The molecule has 0 aliphatic heterocycles. The lowest BCUT2D eigenvalue weighted by molar-refractivity contribution is -0.0877. The molecule has 2 N–H and O–H groups in total. The Kier molecular flexibility index (Phi) is 6.82. The third kappa shape index (κ3) is 5.69. The van der Waals surface area contributed by atoms with Crippen molar-refractivity contribution < 1.29 is 17.9 Å². The molecule has 1 atom stereocenters. The van der Waals surface area contributed by atoms with E-state index in [0.29, 0.717) is 6.54 Å². The molecule has 0 spiro atoms. The second-order valence-corrected chi connectivity index (χ2v) is 3.32. The van der Waals surface area contributed by atoms with Crippen LogP contribution in [0.15, 0.2) is 16.6 Å². The Labute approximate surface area is 98.9 Å². The number of nitrogens with one attached hydrogen (secondary N) is 2. The average molecular weight is 253 g/mol. The number of methoxy groups -OCH3 is 1. The van der Waals surface area contributed by atoms with Crippen molar-refractivity contribution in [2.45, 2.75) is 26.1 Å². The van der Waals surface area contributed by atoms with Gasteiger partial charge in [-0.05, 0) is 20.9 Å². The largest absolute Gasteiger partial charge is 0.481 e. The number of hydrogen-bond acceptors (Lipinski definition) is 4. The summed E-state index contributed by atoms with van der Waals surface area (Å²) in [4.78, 5) is 3.87. The number of hydrazine groups is 1. The number of hydrogen-bond donors (Lipinski definition) is 2. The molecule has 0 saturated carbocycles. The molecule has 0 aromatic heterocycles. The molecule has 7 heteroatoms. The van der Waals surface area contributed by atoms with Gasteiger partial charge < -0.3 is 4.74 Å². The van der Waals surface area contributed by atoms with Crippen LogP contribution in [-0.4, -0.2) is 38.8 Å². The number of alkyl halides is 3. The van der Waals surface area contributed by atoms with Gasteiger partial charge in [-0.15, -0.1) is 0 Å². The Morgan fingerprint density at radius 1 is 1.47 bits per heavy atom. The lowest BCUT2D eigenvalue weighted by Gasteiger charge is -2.15. The van der Waals surface area contributed by atoms with Gasteiger partial charge in [-0.2, -0.15) is 13.2 Å². The minimum Gasteiger partial charge on any atom is -0.481 e. The highest BCUT2D eigenvalue weighted by molar-refractivity contribution is 5.94. The summed E-state index contributed by atoms with van der Waals surface area (Å²) < 4.78 is 42.5. The van der Waals surface area contributed by atoms with Crippen molar-refractivity contribution in [2.24, 2.45) is 4.99 Å². The highest BCUT2D eigenvalue weighted by Crippen LogP contribution is 2.27. The fourth-order valence-electron chi connectivity index (χ4n) is 1.14. The molecule has 0 amide bonds. The van der Waals surface area contributed by atoms with E-state index >= 15 is 0 Å². The first-order valence-electron chi connectivity index (χ1n) is 5.12. The van der Waals surface area contributed by atoms with E-state index in [0.717, 1.165) is 6.08 Å². The zero-order valence-electron chi connectivity index (χ0n) is 10.4. The molecule has 4 nitrogen and oxygen atoms in total. The lowest BCUT2D eigenvalue weighted by atomic mass is 10.2. The van der Waals surface area contributed by atoms with Gasteiger partial charge in [0.2, 0.25) is 5.90 Å². The maximum atomic E-state index is 12.6. The van der Waals surface area contributed by atoms with Crippen LogP contribution in [0, 0.1) is 0 Å². The first-order valence-corrected chi connectivity index (χ1v) is 5.12. The summed E-state index contributed by atoms with van der Waals surface area (Å²) in [5.41, 5.74) is 4.56. The third-order valence-electron chi connectivity index (χ3n) is 1.93. The van der Waals surface area contributed by atoms with Gasteiger partial charge in [-0.25, -0.2) is 4.99 Å². The normalized spacial score (nSPS) is 15.9. The topological polar surface area (TPSA) is 45.7 Å². The first kappa shape index (κ1) is 15.9. The summed E-state index contributed by atoms with van der Waals surface area (Å²) in [7, 11) is 2.84. The molecule has 0 aliphatic rings. The smallest absolute Gasteiger partial charge is 0.421 e. The quantitative estimate of drug-likeness (QED) is 0.445. The maximum Gasteiger partial charge on any atom is 0.421 e. The standard InChI is InChI=1S/C10H18F3N3O/c1-5-8(10(11,12)13)9(17-4)16-7(2)6-15-14-3/h5,7,14-15H,6H2,1-4H3/b8-5+,16-9?. The molecule has 0 aromatic carbocycles. The van der Waals surface area contributed by atoms with Gasteiger partial charge in [0.05, 0.1) is 13.2 Å². The molecular weight excluding hydrogens is 235 g/mol. The molecule has 0 radical (unpaired) electrons. The fourth-order valence-corrected chi connectivity index (χ4v) is 1.14. The molecule has 1 unspecified atom stereocenters. The number of rotatable bonds is 5. The van der Waals surface area contributed by atoms with Gasteiger partial charge in [-0.1, -0.05) is 6.08 Å². The third-order valence-corrected chi connectivity index (χ3v) is 1.93. The van der Waals surface area contributed by atoms with Gasteiger partial charge in [0.1, 0.15) is 5.57 Å². The fraction of sp³-hybridized carbons (Fsp3) is 0.700. The van der Waals surface area contributed by atoms with Crippen LogP contribution in [-0.2, 0) is 4.74 Å². The number of ether oxygens (including phenoxy) is 1. The summed E-state index contributed by atoms with van der Waals surface area (Å²) in [6.07, 6.45) is -3.51. The van der Waals surface area contributed by atoms with Crippen molar-refractivity contribution in [3.63, 3.8) is 0 Å². The second kappa shape index (κ2) is 7.29. The van der Waals surface area contributed by atoms with Gasteiger partial charge in [0.25, 0.3) is 0 Å². The Bertz CT molecular complexity index is 287. The molecule has 0 rings (SSSR count). The average Bonchev–Trinajstić information content (AvgIpc) is 2.24. The molecule has 100 valence electrons. The van der Waals surface area contributed by atoms with Crippen LogP contribution in [0.3, 0.4) is 0 Å². The molecule has 0 saturated heterocycles. The van der Waals surface area contributed by atoms with E-state index < -0.39 is 17.6 Å². The molecule has 0 aromatic rings. The van der Waals surface area contributed by atoms with Crippen LogP contribution in [0.25, 0.3) is 0 Å². The van der Waals surface area contributed by atoms with Crippen LogP contribution in [0.2, 0.25) is 0 Å². The van der Waals surface area contributed by atoms with E-state index in [1.807, 2.05) is 0 Å². The molecular formula is C10H18F3N3O. The molecule has 0 heterocycles. The Morgan fingerprint density at radius 3 is 2.41 bits per heavy atom. The van der Waals surface area contributed by atoms with E-state index in [2.05, 4.69) is 15.8 Å². The summed E-state index contributed by atoms with van der Waals surface area (Å²) in [6.45, 7) is 3.39. The van der Waals surface area contributed by atoms with Crippen molar-refractivity contribution in [2.75, 3.05) is 20.7 Å². The van der Waals surface area contributed by atoms with E-state index in [9.17, 15) is 13.2 Å². The summed E-state index contributed by atoms with van der Waals surface area (Å²) in [5, 5.41) is 0. The number of aliphatic imine (C=N–C) groups is 1. The van der Waals surface area contributed by atoms with Gasteiger partial charge >= 0.3 is 6.18 Å². The SMILES string of the molecule is C/C=C(\C(=NC(C)CNNC)OC)C(F)(F)F. The summed E-state index contributed by atoms with van der Waals surface area (Å²) in [6, 6.07) is -0.338. The van der Waals surface area contributed by atoms with Gasteiger partial charge in [-0.3, -0.25) is 10.9 Å². The van der Waals surface area contributed by atoms with Gasteiger partial charge in [0, 0.05) is 6.54 Å². The Balaban J connectivity index is 4.87. The minimum atomic E-state index is -4.46. The Hall–Kier alpha value is -1.08. The van der Waals surface area contributed by atoms with E-state index in [1.54, 1.807) is 14.0 Å². The predicted octanol–water partition coefficient (Wildman–Crippen LogP) is 1.65. The lowest BCUT2D eigenvalue weighted by Crippen LogP contribution is -2.34. The first-order chi connectivity index (χ1) is 7.86. The number of nitrogens with zero attached hydrogens (tertiary/aromatic N) is 1. The summed E-state index contributed by atoms with van der Waals surface area (Å²) >= 11 is 0. The highest BCUT2D eigenvalue weighted by atomic mass is 19.4. The van der Waals surface area contributed by atoms with Crippen molar-refractivity contribution >= 4 is 5.90 Å². The van der Waals surface area contributed by atoms with Crippen LogP contribution in [0.5, 0.6) is 0 Å². The van der Waals surface area contributed by atoms with E-state index in [4.69, 9.17) is 4.74 Å². The van der Waals surface area contributed by atoms with Crippen LogP contribution < -0.4 is 10.9 Å². The summed E-state index contributed by atoms with van der Waals surface area (Å²) in [5.74, 6) is -0.398. The Morgan fingerprint density at radius 2 is 2.06 bits per heavy atom. The molecule has 17 heavy (non-hydrogen) atoms. The van der Waals surface area contributed by atoms with Crippen LogP contribution >= 0.6 is 0 Å². The van der Waals surface area contributed by atoms with Crippen molar-refractivity contribution in [1.82, 2.24) is 10.9 Å². The zero-order chi connectivity index (χ0) is 13.5. The van der Waals surface area contributed by atoms with E-state index in [1.165, 1.54) is 14.0 Å². The van der Waals surface area contributed by atoms with Crippen LogP contribution in [0.1, 0.15) is 13.8 Å². The minimum absolute atomic E-state index is 0.338. The second-order valence-electron chi connectivity index (χ2n) is 3.32. The maximum absolute atomic E-state index is 12.6. The predicted molar refractivity (Wildman–Crippen MR) is 60.8 cm³/mol. The number of halogens is 3. The highest BCUT2D eigenvalue weighted by Gasteiger charge is 2.37. The van der Waals surface area contributed by atoms with Crippen molar-refractivity contribution in [3.05, 3.63) is 11.6 Å². The zero-order valence-corrected chi connectivity index (χ0v) is 10.4. The van der Waals surface area contributed by atoms with Crippen molar-refractivity contribution in [3.8, 4) is 0 Å². The number of allylic oxidation sites excluding steroid dienone is 1. The molecule has 0 bridgehead atoms. The van der Waals surface area contributed by atoms with Crippen LogP contribution in [0.4, 0.5) is 13.2 Å².